The van der Waals surface area contributed by atoms with E-state index in [0.29, 0.717) is 16.8 Å². The van der Waals surface area contributed by atoms with Gasteiger partial charge in [0.05, 0.1) is 19.3 Å². The van der Waals surface area contributed by atoms with E-state index in [1.165, 1.54) is 6.07 Å². The monoisotopic (exact) mass is 456 g/mol. The molecule has 31 heavy (non-hydrogen) atoms. The van der Waals surface area contributed by atoms with E-state index in [-0.39, 0.29) is 49.7 Å². The fourth-order valence-electron chi connectivity index (χ4n) is 3.03. The van der Waals surface area contributed by atoms with Gasteiger partial charge in [-0.05, 0) is 36.1 Å². The molecule has 1 amide bonds. The predicted octanol–water partition coefficient (Wildman–Crippen LogP) is 1.66. The molecule has 3 rings (SSSR count). The summed E-state index contributed by atoms with van der Waals surface area (Å²) in [6, 6.07) is 2.97. The molecule has 1 aliphatic heterocycles. The van der Waals surface area contributed by atoms with E-state index in [0.717, 1.165) is 10.6 Å². The molecule has 3 N–H and O–H groups in total. The minimum absolute atomic E-state index is 0.00662. The molecule has 0 spiro atoms. The van der Waals surface area contributed by atoms with Crippen molar-refractivity contribution in [2.75, 3.05) is 31.6 Å². The van der Waals surface area contributed by atoms with Crippen LogP contribution in [-0.4, -0.2) is 61.1 Å². The third-order valence-electron chi connectivity index (χ3n) is 4.72. The Morgan fingerprint density at radius 1 is 1.39 bits per heavy atom. The van der Waals surface area contributed by atoms with Crippen molar-refractivity contribution in [2.45, 2.75) is 32.8 Å². The average molecular weight is 456 g/mol. The topological polar surface area (TPSA) is 134 Å². The number of carbonyl (C=O) groups is 1. The molecular formula is C19H25FN4O6S. The lowest BCUT2D eigenvalue weighted by molar-refractivity contribution is 0.0582. The van der Waals surface area contributed by atoms with E-state index in [1.807, 2.05) is 18.6 Å². The number of hydrogen-bond acceptors (Lipinski definition) is 8. The number of halogens is 1. The first-order valence-corrected chi connectivity index (χ1v) is 11.1. The van der Waals surface area contributed by atoms with E-state index in [2.05, 4.69) is 10.3 Å². The van der Waals surface area contributed by atoms with Gasteiger partial charge in [0.15, 0.2) is 5.69 Å². The van der Waals surface area contributed by atoms with Gasteiger partial charge in [-0.15, -0.1) is 0 Å². The highest BCUT2D eigenvalue weighted by Crippen LogP contribution is 2.27. The summed E-state index contributed by atoms with van der Waals surface area (Å²) in [5, 5.41) is 12.6. The summed E-state index contributed by atoms with van der Waals surface area (Å²) in [5.74, 6) is -1.35. The number of β-amino-alcohol motifs (C(OH)–C–C–N with tert-alkyl or cyclic N) is 1. The van der Waals surface area contributed by atoms with Gasteiger partial charge in [0, 0.05) is 18.8 Å². The summed E-state index contributed by atoms with van der Waals surface area (Å²) >= 11 is 0. The highest BCUT2D eigenvalue weighted by Gasteiger charge is 2.29. The molecule has 1 saturated heterocycles. The normalized spacial score (nSPS) is 18.1. The van der Waals surface area contributed by atoms with Gasteiger partial charge in [-0.1, -0.05) is 13.8 Å². The Labute approximate surface area is 179 Å². The maximum Gasteiger partial charge on any atom is 0.304 e. The first-order chi connectivity index (χ1) is 14.6. The molecule has 10 nitrogen and oxygen atoms in total. The molecule has 1 fully saturated rings. The predicted molar refractivity (Wildman–Crippen MR) is 110 cm³/mol. The zero-order valence-corrected chi connectivity index (χ0v) is 18.2. The van der Waals surface area contributed by atoms with Crippen molar-refractivity contribution in [2.24, 2.45) is 0 Å². The van der Waals surface area contributed by atoms with Gasteiger partial charge in [-0.3, -0.25) is 4.79 Å². The summed E-state index contributed by atoms with van der Waals surface area (Å²) in [7, 11) is -4.21. The zero-order valence-electron chi connectivity index (χ0n) is 17.4. The molecule has 2 heterocycles. The second kappa shape index (κ2) is 9.30. The molecule has 0 bridgehead atoms. The number of carbonyl (C=O) groups excluding carboxylic acids is 1. The summed E-state index contributed by atoms with van der Waals surface area (Å²) in [6.07, 6.45) is 0.0159. The van der Waals surface area contributed by atoms with Crippen molar-refractivity contribution in [3.63, 3.8) is 0 Å². The van der Waals surface area contributed by atoms with Crippen LogP contribution in [0.3, 0.4) is 0 Å². The van der Waals surface area contributed by atoms with Crippen molar-refractivity contribution < 1.29 is 31.9 Å². The van der Waals surface area contributed by atoms with E-state index in [1.54, 1.807) is 13.0 Å². The second-order valence-corrected chi connectivity index (χ2v) is 9.20. The van der Waals surface area contributed by atoms with E-state index in [9.17, 15) is 22.7 Å². The SMILES string of the molecule is Cc1cc(F)c(C(C)C)cc1Nc1nc(C(=O)NS(=O)(=O)N2CCOCC(O)C2)co1. The van der Waals surface area contributed by atoms with E-state index >= 15 is 0 Å². The Kier molecular flexibility index (Phi) is 6.94. The molecule has 1 aromatic carbocycles. The molecule has 1 unspecified atom stereocenters. The van der Waals surface area contributed by atoms with Crippen molar-refractivity contribution in [3.05, 3.63) is 41.0 Å². The van der Waals surface area contributed by atoms with Gasteiger partial charge in [0.1, 0.15) is 12.1 Å². The highest BCUT2D eigenvalue weighted by molar-refractivity contribution is 7.87. The van der Waals surface area contributed by atoms with Crippen LogP contribution < -0.4 is 10.0 Å². The van der Waals surface area contributed by atoms with Crippen LogP contribution in [0.1, 0.15) is 41.4 Å². The number of aromatic nitrogens is 1. The van der Waals surface area contributed by atoms with Gasteiger partial charge in [0.2, 0.25) is 0 Å². The Balaban J connectivity index is 1.72. The number of benzene rings is 1. The molecule has 1 aromatic heterocycles. The number of rotatable bonds is 6. The number of hydrogen-bond donors (Lipinski definition) is 3. The lowest BCUT2D eigenvalue weighted by atomic mass is 10.00. The molecule has 0 saturated carbocycles. The molecule has 170 valence electrons. The van der Waals surface area contributed by atoms with Crippen LogP contribution in [0.25, 0.3) is 0 Å². The van der Waals surface area contributed by atoms with Gasteiger partial charge in [0.25, 0.3) is 11.9 Å². The first kappa shape index (κ1) is 23.1. The van der Waals surface area contributed by atoms with Gasteiger partial charge >= 0.3 is 10.2 Å². The smallest absolute Gasteiger partial charge is 0.304 e. The highest BCUT2D eigenvalue weighted by atomic mass is 32.2. The molecule has 0 aliphatic carbocycles. The largest absolute Gasteiger partial charge is 0.431 e. The number of amides is 1. The number of aliphatic hydroxyl groups is 1. The van der Waals surface area contributed by atoms with Gasteiger partial charge in [-0.25, -0.2) is 9.11 Å². The molecule has 2 aromatic rings. The molecule has 1 aliphatic rings. The second-order valence-electron chi connectivity index (χ2n) is 7.53. The lowest BCUT2D eigenvalue weighted by Crippen LogP contribution is -2.46. The van der Waals surface area contributed by atoms with Crippen LogP contribution in [0.15, 0.2) is 22.8 Å². The third kappa shape index (κ3) is 5.58. The summed E-state index contributed by atoms with van der Waals surface area (Å²) in [6.45, 7) is 5.34. The van der Waals surface area contributed by atoms with E-state index in [4.69, 9.17) is 9.15 Å². The fraction of sp³-hybridized carbons (Fsp3) is 0.474. The van der Waals surface area contributed by atoms with Crippen LogP contribution in [0, 0.1) is 12.7 Å². The van der Waals surface area contributed by atoms with Crippen LogP contribution in [0.4, 0.5) is 16.1 Å². The summed E-state index contributed by atoms with van der Waals surface area (Å²) < 4.78 is 52.2. The lowest BCUT2D eigenvalue weighted by Gasteiger charge is -2.20. The number of nitrogens with one attached hydrogen (secondary N) is 2. The van der Waals surface area contributed by atoms with Crippen LogP contribution in [0.5, 0.6) is 0 Å². The van der Waals surface area contributed by atoms with Crippen molar-refractivity contribution in [3.8, 4) is 0 Å². The standard InChI is InChI=1S/C19H25FN4O6S/c1-11(2)14-7-16(12(3)6-15(14)20)21-19-22-17(10-30-19)18(26)23-31(27,28)24-4-5-29-9-13(25)8-24/h6-7,10-11,13,25H,4-5,8-9H2,1-3H3,(H,21,22)(H,23,26). The van der Waals surface area contributed by atoms with Crippen LogP contribution in [0.2, 0.25) is 0 Å². The van der Waals surface area contributed by atoms with Gasteiger partial charge in [-0.2, -0.15) is 17.7 Å². The van der Waals surface area contributed by atoms with Crippen molar-refractivity contribution >= 4 is 27.8 Å². The number of anilines is 2. The Hall–Kier alpha value is -2.54. The summed E-state index contributed by atoms with van der Waals surface area (Å²) in [5.41, 5.74) is 1.40. The van der Waals surface area contributed by atoms with Gasteiger partial charge < -0.3 is 19.6 Å². The molecule has 12 heteroatoms. The minimum atomic E-state index is -4.21. The average Bonchev–Trinajstić information content (AvgIpc) is 3.03. The number of nitrogens with zero attached hydrogens (tertiary/aromatic N) is 2. The maximum absolute atomic E-state index is 14.1. The Morgan fingerprint density at radius 2 is 2.13 bits per heavy atom. The third-order valence-corrected chi connectivity index (χ3v) is 6.17. The molecule has 1 atom stereocenters. The first-order valence-electron chi connectivity index (χ1n) is 9.67. The minimum Gasteiger partial charge on any atom is -0.431 e. The summed E-state index contributed by atoms with van der Waals surface area (Å²) in [4.78, 5) is 16.3. The maximum atomic E-state index is 14.1. The number of ether oxygens (including phenoxy) is 1. The number of aryl methyl sites for hydroxylation is 1. The van der Waals surface area contributed by atoms with Crippen molar-refractivity contribution in [1.82, 2.24) is 14.0 Å². The van der Waals surface area contributed by atoms with Crippen LogP contribution in [-0.2, 0) is 14.9 Å². The molecule has 0 radical (unpaired) electrons. The zero-order chi connectivity index (χ0) is 22.8. The fourth-order valence-corrected chi connectivity index (χ4v) is 4.19. The van der Waals surface area contributed by atoms with Crippen molar-refractivity contribution in [1.29, 1.82) is 0 Å². The Bertz CT molecular complexity index is 1060. The van der Waals surface area contributed by atoms with Crippen LogP contribution >= 0.6 is 0 Å². The Morgan fingerprint density at radius 3 is 2.84 bits per heavy atom. The molecular weight excluding hydrogens is 431 g/mol. The quantitative estimate of drug-likeness (QED) is 0.598. The number of aliphatic hydroxyl groups excluding tert-OH is 1. The van der Waals surface area contributed by atoms with E-state index < -0.39 is 22.2 Å². The number of oxazole rings is 1.